The van der Waals surface area contributed by atoms with Crippen LogP contribution < -0.4 is 10.2 Å². The third kappa shape index (κ3) is 5.28. The van der Waals surface area contributed by atoms with Gasteiger partial charge in [0.25, 0.3) is 0 Å². The minimum absolute atomic E-state index is 0.535. The fourth-order valence-corrected chi connectivity index (χ4v) is 1.54. The smallest absolute Gasteiger partial charge is 0.122 e. The molecule has 0 atom stereocenters. The van der Waals surface area contributed by atoms with E-state index in [1.807, 2.05) is 25.1 Å². The molecule has 0 bridgehead atoms. The summed E-state index contributed by atoms with van der Waals surface area (Å²) in [5, 5.41) is 0. The Hall–Kier alpha value is -1.42. The predicted molar refractivity (Wildman–Crippen MR) is 73.7 cm³/mol. The zero-order chi connectivity index (χ0) is 13.2. The van der Waals surface area contributed by atoms with Gasteiger partial charge < -0.3 is 14.2 Å². The predicted octanol–water partition coefficient (Wildman–Crippen LogP) is 1.60. The Morgan fingerprint density at radius 3 is 2.83 bits per heavy atom. The second-order valence-electron chi connectivity index (χ2n) is 3.70. The maximum atomic E-state index is 5.77. The van der Waals surface area contributed by atoms with Crippen molar-refractivity contribution in [1.82, 2.24) is 0 Å². The summed E-state index contributed by atoms with van der Waals surface area (Å²) < 4.78 is 16.0. The third-order valence-electron chi connectivity index (χ3n) is 2.38. The van der Waals surface area contributed by atoms with E-state index < -0.39 is 0 Å². The van der Waals surface area contributed by atoms with Crippen LogP contribution in [0.3, 0.4) is 0 Å². The van der Waals surface area contributed by atoms with Gasteiger partial charge in [0.15, 0.2) is 0 Å². The molecule has 0 fully saturated rings. The zero-order valence-corrected chi connectivity index (χ0v) is 10.9. The van der Waals surface area contributed by atoms with Crippen molar-refractivity contribution in [2.24, 2.45) is 0 Å². The summed E-state index contributed by atoms with van der Waals surface area (Å²) in [6.07, 6.45) is 2.17. The van der Waals surface area contributed by atoms with Gasteiger partial charge in [0.05, 0.1) is 19.5 Å². The van der Waals surface area contributed by atoms with E-state index in [0.717, 1.165) is 23.2 Å². The van der Waals surface area contributed by atoms with Gasteiger partial charge in [-0.25, -0.2) is 0 Å². The van der Waals surface area contributed by atoms with Gasteiger partial charge in [-0.2, -0.15) is 0 Å². The highest BCUT2D eigenvalue weighted by Gasteiger charge is 2.04. The van der Waals surface area contributed by atoms with Crippen LogP contribution in [0.1, 0.15) is 12.5 Å². The lowest BCUT2D eigenvalue weighted by molar-refractivity contribution is 0.109. The molecule has 4 heteroatoms. The molecular weight excluding hydrogens is 227 g/mol. The Morgan fingerprint density at radius 2 is 2.11 bits per heavy atom. The normalized spacial score (nSPS) is 10.1. The standard InChI is InChI=1S/C14H19BO3/c1-3-16-8-7-12-11-13(15)5-6-14(12)18-10-9-17-4-2/h3,5-6,11H,1,4,7-10H2,2H3. The molecule has 0 aliphatic heterocycles. The highest BCUT2D eigenvalue weighted by atomic mass is 16.5. The Balaban J connectivity index is 2.55. The summed E-state index contributed by atoms with van der Waals surface area (Å²) in [7, 11) is 5.77. The van der Waals surface area contributed by atoms with E-state index in [1.165, 1.54) is 6.26 Å². The van der Waals surface area contributed by atoms with Crippen molar-refractivity contribution in [2.75, 3.05) is 26.4 Å². The second-order valence-corrected chi connectivity index (χ2v) is 3.70. The summed E-state index contributed by atoms with van der Waals surface area (Å²) in [5.41, 5.74) is 1.76. The fraction of sp³-hybridized carbons (Fsp3) is 0.429. The van der Waals surface area contributed by atoms with Crippen molar-refractivity contribution in [1.29, 1.82) is 0 Å². The van der Waals surface area contributed by atoms with E-state index in [9.17, 15) is 0 Å². The van der Waals surface area contributed by atoms with Gasteiger partial charge in [0.2, 0.25) is 0 Å². The van der Waals surface area contributed by atoms with Gasteiger partial charge in [-0.1, -0.05) is 24.2 Å². The van der Waals surface area contributed by atoms with Crippen LogP contribution in [0.4, 0.5) is 0 Å². The number of ether oxygens (including phenoxy) is 3. The molecule has 0 saturated carbocycles. The molecule has 3 nitrogen and oxygen atoms in total. The lowest BCUT2D eigenvalue weighted by atomic mass is 9.93. The highest BCUT2D eigenvalue weighted by Crippen LogP contribution is 2.17. The van der Waals surface area contributed by atoms with Crippen LogP contribution in [0.5, 0.6) is 5.75 Å². The molecule has 1 rings (SSSR count). The molecule has 0 aliphatic rings. The van der Waals surface area contributed by atoms with Gasteiger partial charge in [-0.3, -0.25) is 0 Å². The van der Waals surface area contributed by atoms with Crippen LogP contribution in [0.15, 0.2) is 31.0 Å². The van der Waals surface area contributed by atoms with Crippen LogP contribution in [0.25, 0.3) is 0 Å². The van der Waals surface area contributed by atoms with Gasteiger partial charge in [0, 0.05) is 13.0 Å². The van der Waals surface area contributed by atoms with E-state index >= 15 is 0 Å². The summed E-state index contributed by atoms with van der Waals surface area (Å²) >= 11 is 0. The first-order valence-electron chi connectivity index (χ1n) is 6.09. The van der Waals surface area contributed by atoms with Crippen molar-refractivity contribution >= 4 is 13.3 Å². The average molecular weight is 246 g/mol. The van der Waals surface area contributed by atoms with Crippen LogP contribution >= 0.6 is 0 Å². The van der Waals surface area contributed by atoms with Gasteiger partial charge in [-0.15, -0.1) is 0 Å². The highest BCUT2D eigenvalue weighted by molar-refractivity contribution is 6.32. The van der Waals surface area contributed by atoms with Gasteiger partial charge >= 0.3 is 0 Å². The molecule has 1 aromatic carbocycles. The molecule has 0 amide bonds. The summed E-state index contributed by atoms with van der Waals surface area (Å²) in [4.78, 5) is 0. The van der Waals surface area contributed by atoms with Gasteiger partial charge in [-0.05, 0) is 18.6 Å². The molecule has 0 spiro atoms. The first-order valence-corrected chi connectivity index (χ1v) is 6.09. The van der Waals surface area contributed by atoms with Gasteiger partial charge in [0.1, 0.15) is 20.2 Å². The Kier molecular flexibility index (Phi) is 7.03. The number of rotatable bonds is 9. The lowest BCUT2D eigenvalue weighted by Crippen LogP contribution is -2.11. The molecular formula is C14H19BO3. The third-order valence-corrected chi connectivity index (χ3v) is 2.38. The lowest BCUT2D eigenvalue weighted by Gasteiger charge is -2.12. The van der Waals surface area contributed by atoms with E-state index in [1.54, 1.807) is 0 Å². The van der Waals surface area contributed by atoms with Crippen molar-refractivity contribution in [2.45, 2.75) is 13.3 Å². The fourth-order valence-electron chi connectivity index (χ4n) is 1.54. The molecule has 0 saturated heterocycles. The van der Waals surface area contributed by atoms with Crippen LogP contribution in [0, 0.1) is 0 Å². The molecule has 0 heterocycles. The number of hydrogen-bond acceptors (Lipinski definition) is 3. The quantitative estimate of drug-likeness (QED) is 0.376. The Morgan fingerprint density at radius 1 is 1.28 bits per heavy atom. The number of hydrogen-bond donors (Lipinski definition) is 0. The molecule has 1 aromatic rings. The first-order chi connectivity index (χ1) is 8.77. The Bertz CT molecular complexity index is 366. The summed E-state index contributed by atoms with van der Waals surface area (Å²) in [6, 6.07) is 5.61. The van der Waals surface area contributed by atoms with E-state index in [2.05, 4.69) is 6.58 Å². The molecule has 96 valence electrons. The van der Waals surface area contributed by atoms with Crippen molar-refractivity contribution in [3.05, 3.63) is 36.6 Å². The molecule has 0 N–H and O–H groups in total. The Labute approximate surface area is 110 Å². The molecule has 18 heavy (non-hydrogen) atoms. The maximum absolute atomic E-state index is 5.77. The monoisotopic (exact) mass is 246 g/mol. The second kappa shape index (κ2) is 8.64. The zero-order valence-electron chi connectivity index (χ0n) is 10.9. The van der Waals surface area contributed by atoms with Crippen LogP contribution in [-0.4, -0.2) is 34.3 Å². The van der Waals surface area contributed by atoms with Crippen molar-refractivity contribution in [3.63, 3.8) is 0 Å². The minimum Gasteiger partial charge on any atom is -0.501 e. The van der Waals surface area contributed by atoms with Crippen molar-refractivity contribution < 1.29 is 14.2 Å². The minimum atomic E-state index is 0.535. The average Bonchev–Trinajstić information content (AvgIpc) is 2.37. The van der Waals surface area contributed by atoms with Crippen LogP contribution in [-0.2, 0) is 15.9 Å². The first kappa shape index (κ1) is 14.6. The topological polar surface area (TPSA) is 27.7 Å². The molecule has 0 aromatic heterocycles. The molecule has 0 aliphatic carbocycles. The maximum Gasteiger partial charge on any atom is 0.122 e. The van der Waals surface area contributed by atoms with E-state index in [-0.39, 0.29) is 0 Å². The molecule has 0 unspecified atom stereocenters. The largest absolute Gasteiger partial charge is 0.501 e. The summed E-state index contributed by atoms with van der Waals surface area (Å²) in [5.74, 6) is 0.830. The van der Waals surface area contributed by atoms with Crippen LogP contribution in [0.2, 0.25) is 0 Å². The van der Waals surface area contributed by atoms with E-state index in [0.29, 0.717) is 26.4 Å². The van der Waals surface area contributed by atoms with Crippen molar-refractivity contribution in [3.8, 4) is 5.75 Å². The SMILES string of the molecule is [B]c1ccc(OCCOCC)c(CCOC=C)c1. The molecule has 2 radical (unpaired) electrons. The summed E-state index contributed by atoms with van der Waals surface area (Å²) in [6.45, 7) is 7.85. The number of benzene rings is 1. The van der Waals surface area contributed by atoms with E-state index in [4.69, 9.17) is 22.1 Å².